The fraction of sp³-hybridized carbons (Fsp3) is 0.700. The molecule has 4 heteroatoms. The van der Waals surface area contributed by atoms with E-state index in [4.69, 9.17) is 0 Å². The van der Waals surface area contributed by atoms with Gasteiger partial charge < -0.3 is 0 Å². The second-order valence-electron chi connectivity index (χ2n) is 4.09. The maximum absolute atomic E-state index is 4.39. The minimum absolute atomic E-state index is 0.248. The predicted molar refractivity (Wildman–Crippen MR) is 65.7 cm³/mol. The smallest absolute Gasteiger partial charge is 0.117 e. The fourth-order valence-corrected chi connectivity index (χ4v) is 2.36. The summed E-state index contributed by atoms with van der Waals surface area (Å²) in [6.45, 7) is 7.66. The third kappa shape index (κ3) is 3.04. The van der Waals surface area contributed by atoms with Crippen molar-refractivity contribution >= 4 is 27.3 Å². The van der Waals surface area contributed by atoms with E-state index >= 15 is 0 Å². The summed E-state index contributed by atoms with van der Waals surface area (Å²) >= 11 is 5.08. The number of thiazole rings is 1. The summed E-state index contributed by atoms with van der Waals surface area (Å²) in [7, 11) is 2.15. The van der Waals surface area contributed by atoms with Crippen LogP contribution in [0.25, 0.3) is 0 Å². The molecule has 0 amide bonds. The molecule has 1 aromatic rings. The molecule has 0 spiro atoms. The predicted octanol–water partition coefficient (Wildman–Crippen LogP) is 3.53. The topological polar surface area (TPSA) is 16.1 Å². The van der Waals surface area contributed by atoms with Crippen molar-refractivity contribution in [2.24, 2.45) is 0 Å². The van der Waals surface area contributed by atoms with Crippen LogP contribution in [0.3, 0.4) is 0 Å². The van der Waals surface area contributed by atoms with Crippen LogP contribution >= 0.6 is 27.3 Å². The van der Waals surface area contributed by atoms with E-state index in [1.165, 1.54) is 5.01 Å². The number of aromatic nitrogens is 1. The quantitative estimate of drug-likeness (QED) is 0.837. The summed E-state index contributed by atoms with van der Waals surface area (Å²) in [6.07, 6.45) is 1.15. The molecule has 1 rings (SSSR count). The molecule has 0 aromatic carbocycles. The molecule has 0 saturated heterocycles. The number of hydrogen-bond acceptors (Lipinski definition) is 3. The van der Waals surface area contributed by atoms with E-state index in [0.29, 0.717) is 0 Å². The van der Waals surface area contributed by atoms with E-state index in [1.807, 2.05) is 5.38 Å². The van der Waals surface area contributed by atoms with Gasteiger partial charge in [-0.3, -0.25) is 4.90 Å². The van der Waals surface area contributed by atoms with Crippen molar-refractivity contribution in [2.75, 3.05) is 7.05 Å². The molecule has 0 saturated carbocycles. The van der Waals surface area contributed by atoms with Gasteiger partial charge in [-0.1, -0.05) is 6.92 Å². The second kappa shape index (κ2) is 4.73. The Morgan fingerprint density at radius 2 is 2.21 bits per heavy atom. The van der Waals surface area contributed by atoms with Crippen LogP contribution in [0, 0.1) is 0 Å². The van der Waals surface area contributed by atoms with Crippen molar-refractivity contribution in [3.63, 3.8) is 0 Å². The molecule has 0 fully saturated rings. The van der Waals surface area contributed by atoms with Gasteiger partial charge in [-0.15, -0.1) is 11.3 Å². The monoisotopic (exact) mass is 276 g/mol. The lowest BCUT2D eigenvalue weighted by molar-refractivity contribution is 0.143. The Kier molecular flexibility index (Phi) is 4.10. The van der Waals surface area contributed by atoms with Crippen LogP contribution in [0.1, 0.15) is 32.2 Å². The van der Waals surface area contributed by atoms with Crippen LogP contribution in [0.4, 0.5) is 0 Å². The zero-order chi connectivity index (χ0) is 10.8. The van der Waals surface area contributed by atoms with Crippen LogP contribution in [-0.2, 0) is 6.54 Å². The summed E-state index contributed by atoms with van der Waals surface area (Å²) in [6, 6.07) is 0. The minimum atomic E-state index is 0.248. The van der Waals surface area contributed by atoms with E-state index in [9.17, 15) is 0 Å². The summed E-state index contributed by atoms with van der Waals surface area (Å²) < 4.78 is 0.945. The maximum atomic E-state index is 4.39. The van der Waals surface area contributed by atoms with E-state index in [0.717, 1.165) is 17.6 Å². The van der Waals surface area contributed by atoms with Crippen LogP contribution in [0.2, 0.25) is 0 Å². The summed E-state index contributed by atoms with van der Waals surface area (Å²) in [5.41, 5.74) is 0.248. The third-order valence-electron chi connectivity index (χ3n) is 2.79. The van der Waals surface area contributed by atoms with Gasteiger partial charge in [0.15, 0.2) is 0 Å². The molecule has 1 aromatic heterocycles. The van der Waals surface area contributed by atoms with Crippen molar-refractivity contribution in [3.05, 3.63) is 15.0 Å². The van der Waals surface area contributed by atoms with E-state index in [1.54, 1.807) is 11.3 Å². The largest absolute Gasteiger partial charge is 0.295 e. The SMILES string of the molecule is CCC(C)(C)N(C)Cc1nc(Br)cs1. The van der Waals surface area contributed by atoms with E-state index in [-0.39, 0.29) is 5.54 Å². The van der Waals surface area contributed by atoms with Gasteiger partial charge in [-0.2, -0.15) is 0 Å². The Hall–Kier alpha value is 0.0700. The van der Waals surface area contributed by atoms with Gasteiger partial charge in [-0.25, -0.2) is 4.98 Å². The summed E-state index contributed by atoms with van der Waals surface area (Å²) in [5.74, 6) is 0. The highest BCUT2D eigenvalue weighted by molar-refractivity contribution is 9.10. The summed E-state index contributed by atoms with van der Waals surface area (Å²) in [5, 5.41) is 3.20. The molecule has 80 valence electrons. The molecular weight excluding hydrogens is 260 g/mol. The van der Waals surface area contributed by atoms with Crippen LogP contribution in [-0.4, -0.2) is 22.5 Å². The highest BCUT2D eigenvalue weighted by atomic mass is 79.9. The Balaban J connectivity index is 2.61. The average molecular weight is 277 g/mol. The van der Waals surface area contributed by atoms with Crippen LogP contribution < -0.4 is 0 Å². The molecule has 2 nitrogen and oxygen atoms in total. The zero-order valence-electron chi connectivity index (χ0n) is 9.17. The van der Waals surface area contributed by atoms with E-state index < -0.39 is 0 Å². The lowest BCUT2D eigenvalue weighted by Gasteiger charge is -2.34. The molecule has 0 aliphatic carbocycles. The minimum Gasteiger partial charge on any atom is -0.295 e. The molecule has 0 bridgehead atoms. The standard InChI is InChI=1S/C10H17BrN2S/c1-5-10(2,3)13(4)6-9-12-8(11)7-14-9/h7H,5-6H2,1-4H3. The van der Waals surface area contributed by atoms with Gasteiger partial charge in [0.2, 0.25) is 0 Å². The first-order valence-corrected chi connectivity index (χ1v) is 6.44. The molecule has 0 atom stereocenters. The Labute approximate surface area is 98.5 Å². The second-order valence-corrected chi connectivity index (χ2v) is 5.84. The van der Waals surface area contributed by atoms with E-state index in [2.05, 4.69) is 53.6 Å². The van der Waals surface area contributed by atoms with Gasteiger partial charge in [-0.05, 0) is 43.2 Å². The lowest BCUT2D eigenvalue weighted by Crippen LogP contribution is -2.39. The number of halogens is 1. The molecule has 0 aliphatic heterocycles. The van der Waals surface area contributed by atoms with Gasteiger partial charge in [0.1, 0.15) is 9.61 Å². The normalized spacial score (nSPS) is 12.4. The molecular formula is C10H17BrN2S. The number of hydrogen-bond donors (Lipinski definition) is 0. The van der Waals surface area contributed by atoms with Crippen molar-refractivity contribution < 1.29 is 0 Å². The van der Waals surface area contributed by atoms with Crippen LogP contribution in [0.15, 0.2) is 9.98 Å². The summed E-state index contributed by atoms with van der Waals surface area (Å²) in [4.78, 5) is 6.74. The third-order valence-corrected chi connectivity index (χ3v) is 4.34. The zero-order valence-corrected chi connectivity index (χ0v) is 11.6. The van der Waals surface area contributed by atoms with Gasteiger partial charge >= 0.3 is 0 Å². The fourth-order valence-electron chi connectivity index (χ4n) is 1.05. The maximum Gasteiger partial charge on any atom is 0.117 e. The Bertz CT molecular complexity index is 296. The molecule has 1 heterocycles. The molecule has 0 N–H and O–H groups in total. The van der Waals surface area contributed by atoms with Gasteiger partial charge in [0.25, 0.3) is 0 Å². The molecule has 0 aliphatic rings. The van der Waals surface area contributed by atoms with Gasteiger partial charge in [0.05, 0.1) is 6.54 Å². The highest BCUT2D eigenvalue weighted by Crippen LogP contribution is 2.22. The molecule has 14 heavy (non-hydrogen) atoms. The number of nitrogens with zero attached hydrogens (tertiary/aromatic N) is 2. The van der Waals surface area contributed by atoms with Crippen molar-refractivity contribution in [1.29, 1.82) is 0 Å². The molecule has 0 unspecified atom stereocenters. The highest BCUT2D eigenvalue weighted by Gasteiger charge is 2.21. The Morgan fingerprint density at radius 3 is 2.64 bits per heavy atom. The first-order chi connectivity index (χ1) is 6.45. The van der Waals surface area contributed by atoms with Crippen molar-refractivity contribution in [3.8, 4) is 0 Å². The van der Waals surface area contributed by atoms with Crippen LogP contribution in [0.5, 0.6) is 0 Å². The first-order valence-electron chi connectivity index (χ1n) is 4.77. The Morgan fingerprint density at radius 1 is 1.57 bits per heavy atom. The van der Waals surface area contributed by atoms with Gasteiger partial charge in [0, 0.05) is 10.9 Å². The lowest BCUT2D eigenvalue weighted by atomic mass is 10.0. The number of rotatable bonds is 4. The van der Waals surface area contributed by atoms with Crippen molar-refractivity contribution in [2.45, 2.75) is 39.3 Å². The first kappa shape index (κ1) is 12.1. The average Bonchev–Trinajstić information content (AvgIpc) is 2.51. The molecule has 0 radical (unpaired) electrons. The van der Waals surface area contributed by atoms with Crippen molar-refractivity contribution in [1.82, 2.24) is 9.88 Å².